The molecule has 1 aromatic carbocycles. The van der Waals surface area contributed by atoms with Gasteiger partial charge in [0.05, 0.1) is 45.6 Å². The summed E-state index contributed by atoms with van der Waals surface area (Å²) in [5, 5.41) is 6.30. The lowest BCUT2D eigenvalue weighted by molar-refractivity contribution is -0.123. The monoisotopic (exact) mass is 548 g/mol. The Morgan fingerprint density at radius 2 is 2.10 bits per heavy atom. The fraction of sp³-hybridized carbons (Fsp3) is 0.308. The Bertz CT molecular complexity index is 1650. The van der Waals surface area contributed by atoms with Crippen molar-refractivity contribution in [1.82, 2.24) is 24.2 Å². The smallest absolute Gasteiger partial charge is 0.302 e. The van der Waals surface area contributed by atoms with Crippen LogP contribution in [0.3, 0.4) is 0 Å². The number of nitrogens with zero attached hydrogens (tertiary/aromatic N) is 5. The molecule has 0 unspecified atom stereocenters. The van der Waals surface area contributed by atoms with E-state index in [9.17, 15) is 14.0 Å². The summed E-state index contributed by atoms with van der Waals surface area (Å²) >= 11 is 0. The predicted molar refractivity (Wildman–Crippen MR) is 140 cm³/mol. The Hall–Kier alpha value is -4.62. The van der Waals surface area contributed by atoms with Crippen LogP contribution in [0.5, 0.6) is 0 Å². The van der Waals surface area contributed by atoms with Crippen molar-refractivity contribution in [2.75, 3.05) is 26.0 Å². The molecule has 1 fully saturated rings. The second-order valence-corrected chi connectivity index (χ2v) is 9.54. The van der Waals surface area contributed by atoms with E-state index in [1.54, 1.807) is 18.5 Å². The number of hydrogen-bond donors (Lipinski definition) is 2. The van der Waals surface area contributed by atoms with Gasteiger partial charge in [0.2, 0.25) is 0 Å². The van der Waals surface area contributed by atoms with Gasteiger partial charge >= 0.3 is 5.91 Å². The minimum atomic E-state index is -1.07. The van der Waals surface area contributed by atoms with E-state index in [-0.39, 0.29) is 35.6 Å². The summed E-state index contributed by atoms with van der Waals surface area (Å²) in [5.41, 5.74) is 5.73. The lowest BCUT2D eigenvalue weighted by Crippen LogP contribution is -2.40. The Balaban J connectivity index is 1.85. The molecule has 0 saturated carbocycles. The first kappa shape index (κ1) is 27.4. The molecule has 2 amide bonds. The number of imidazole rings is 1. The van der Waals surface area contributed by atoms with Crippen LogP contribution in [0, 0.1) is 35.3 Å². The molecule has 1 saturated heterocycles. The van der Waals surface area contributed by atoms with Crippen molar-refractivity contribution in [3.8, 4) is 23.7 Å². The molecular weight excluding hydrogens is 524 g/mol. The summed E-state index contributed by atoms with van der Waals surface area (Å²) in [5.74, 6) is 7.19. The summed E-state index contributed by atoms with van der Waals surface area (Å²) in [6.07, 6.45) is 3.03. The summed E-state index contributed by atoms with van der Waals surface area (Å²) < 4.78 is 38.2. The molecule has 3 aromatic rings. The maximum atomic E-state index is 15.2. The highest BCUT2D eigenvalue weighted by Crippen LogP contribution is 2.37. The highest BCUT2D eigenvalue weighted by atomic mass is 28.1. The number of likely N-dealkylation sites (tertiary alicyclic amines) is 1. The van der Waals surface area contributed by atoms with E-state index in [1.807, 2.05) is 6.92 Å². The molecule has 199 valence electrons. The maximum absolute atomic E-state index is 15.2. The molecule has 4 rings (SSSR count). The number of amides is 2. The molecule has 10 nitrogen and oxygen atoms in total. The average molecular weight is 549 g/mol. The van der Waals surface area contributed by atoms with Gasteiger partial charge in [-0.2, -0.15) is 5.10 Å². The van der Waals surface area contributed by atoms with Crippen molar-refractivity contribution in [3.63, 3.8) is 0 Å². The maximum Gasteiger partial charge on any atom is 0.302 e. The van der Waals surface area contributed by atoms with Crippen LogP contribution in [0.2, 0.25) is 0 Å². The number of aryl methyl sites for hydroxylation is 1. The highest BCUT2D eigenvalue weighted by molar-refractivity contribution is 6.15. The number of primary amides is 1. The summed E-state index contributed by atoms with van der Waals surface area (Å²) in [6, 6.07) is 1.16. The molecule has 1 aliphatic heterocycles. The van der Waals surface area contributed by atoms with Gasteiger partial charge < -0.3 is 25.3 Å². The van der Waals surface area contributed by atoms with Gasteiger partial charge in [-0.1, -0.05) is 11.8 Å². The van der Waals surface area contributed by atoms with E-state index in [1.165, 1.54) is 29.3 Å². The van der Waals surface area contributed by atoms with E-state index < -0.39 is 34.2 Å². The number of fused-ring (bicyclic) bond motifs is 1. The van der Waals surface area contributed by atoms with Gasteiger partial charge in [0, 0.05) is 32.6 Å². The third-order valence-electron chi connectivity index (χ3n) is 6.20. The van der Waals surface area contributed by atoms with Gasteiger partial charge in [-0.25, -0.2) is 18.4 Å². The third kappa shape index (κ3) is 4.73. The second-order valence-electron chi connectivity index (χ2n) is 8.61. The predicted octanol–water partition coefficient (Wildman–Crippen LogP) is 1.64. The van der Waals surface area contributed by atoms with Gasteiger partial charge in [0.25, 0.3) is 5.91 Å². The van der Waals surface area contributed by atoms with Crippen LogP contribution < -0.4 is 11.1 Å². The molecule has 3 N–H and O–H groups in total. The molecular formula is C26H24F2N7O3Si. The van der Waals surface area contributed by atoms with E-state index in [0.29, 0.717) is 17.8 Å². The average Bonchev–Trinajstić information content (AvgIpc) is 3.58. The number of anilines is 1. The SMILES string of the molecule is CC#CC(=O)N1C[C@@]([Si])(n2nc(C#Cc3c(F)cc4c(ncn4CC)c3F)c(C(N)=O)c2NC)C/C1=C\OC. The van der Waals surface area contributed by atoms with Crippen LogP contribution >= 0.6 is 0 Å². The van der Waals surface area contributed by atoms with Crippen LogP contribution in [0.25, 0.3) is 11.0 Å². The van der Waals surface area contributed by atoms with Gasteiger partial charge in [-0.3, -0.25) is 9.59 Å². The first-order valence-corrected chi connectivity index (χ1v) is 12.3. The van der Waals surface area contributed by atoms with Gasteiger partial charge in [0.15, 0.2) is 11.5 Å². The van der Waals surface area contributed by atoms with Crippen LogP contribution in [0.1, 0.15) is 41.9 Å². The van der Waals surface area contributed by atoms with Crippen molar-refractivity contribution < 1.29 is 23.1 Å². The van der Waals surface area contributed by atoms with E-state index in [2.05, 4.69) is 49.3 Å². The number of halogens is 2. The topological polar surface area (TPSA) is 120 Å². The van der Waals surface area contributed by atoms with Crippen molar-refractivity contribution in [2.24, 2.45) is 5.73 Å². The normalized spacial score (nSPS) is 17.5. The van der Waals surface area contributed by atoms with E-state index >= 15 is 4.39 Å². The number of hydrogen-bond acceptors (Lipinski definition) is 6. The van der Waals surface area contributed by atoms with Crippen LogP contribution in [-0.2, 0) is 21.2 Å². The van der Waals surface area contributed by atoms with Crippen LogP contribution in [-0.4, -0.2) is 67.0 Å². The first-order valence-electron chi connectivity index (χ1n) is 11.8. The first-order chi connectivity index (χ1) is 18.6. The molecule has 2 aromatic heterocycles. The third-order valence-corrected chi connectivity index (χ3v) is 6.75. The van der Waals surface area contributed by atoms with E-state index in [4.69, 9.17) is 10.5 Å². The number of methoxy groups -OCH3 is 1. The van der Waals surface area contributed by atoms with Crippen LogP contribution in [0.15, 0.2) is 24.4 Å². The number of carbonyl (C=O) groups excluding carboxylic acids is 2. The zero-order valence-electron chi connectivity index (χ0n) is 21.6. The zero-order valence-corrected chi connectivity index (χ0v) is 22.6. The molecule has 3 radical (unpaired) electrons. The van der Waals surface area contributed by atoms with Crippen LogP contribution in [0.4, 0.5) is 14.6 Å². The lowest BCUT2D eigenvalue weighted by Gasteiger charge is -2.26. The Labute approximate surface area is 226 Å². The molecule has 0 bridgehead atoms. The molecule has 1 atom stereocenters. The second kappa shape index (κ2) is 10.6. The summed E-state index contributed by atoms with van der Waals surface area (Å²) in [4.78, 5) is 30.6. The van der Waals surface area contributed by atoms with Gasteiger partial charge in [-0.15, -0.1) is 0 Å². The number of nitrogens with two attached hydrogens (primary N) is 1. The number of ether oxygens (including phenoxy) is 1. The molecule has 0 aliphatic carbocycles. The number of carbonyl (C=O) groups is 2. The number of benzene rings is 1. The fourth-order valence-electron chi connectivity index (χ4n) is 4.47. The highest BCUT2D eigenvalue weighted by Gasteiger charge is 2.44. The van der Waals surface area contributed by atoms with E-state index in [0.717, 1.165) is 6.07 Å². The molecule has 1 aliphatic rings. The number of allylic oxidation sites excluding steroid dienone is 1. The summed E-state index contributed by atoms with van der Waals surface area (Å²) in [7, 11) is 6.73. The number of nitrogens with one attached hydrogen (secondary N) is 1. The Morgan fingerprint density at radius 1 is 1.36 bits per heavy atom. The Kier molecular flexibility index (Phi) is 7.47. The molecule has 13 heteroatoms. The van der Waals surface area contributed by atoms with Crippen molar-refractivity contribution in [2.45, 2.75) is 32.0 Å². The minimum Gasteiger partial charge on any atom is -0.503 e. The van der Waals surface area contributed by atoms with Gasteiger partial charge in [-0.05, 0) is 25.7 Å². The van der Waals surface area contributed by atoms with Crippen molar-refractivity contribution in [3.05, 3.63) is 52.8 Å². The molecule has 0 spiro atoms. The minimum absolute atomic E-state index is 0.0263. The Morgan fingerprint density at radius 3 is 2.72 bits per heavy atom. The molecule has 39 heavy (non-hydrogen) atoms. The quantitative estimate of drug-likeness (QED) is 0.284. The standard InChI is InChI=1S/C26H24F2N7O3Si/c1-5-7-20(36)34-13-26(39,11-15(34)12-38-4)35-25(30-3)21(24(29)37)18(32-35)9-8-16-17(27)10-19-23(22(16)28)31-14-33(19)6-2/h10,12,14,30H,6,11,13H2,1-4H3,(H2,29,37)/b15-12+/t26-/m1/s1. The summed E-state index contributed by atoms with van der Waals surface area (Å²) in [6.45, 7) is 3.92. The number of rotatable bonds is 5. The van der Waals surface area contributed by atoms with Crippen molar-refractivity contribution in [1.29, 1.82) is 0 Å². The largest absolute Gasteiger partial charge is 0.503 e. The lowest BCUT2D eigenvalue weighted by atomic mass is 10.1. The fourth-order valence-corrected chi connectivity index (χ4v) is 4.97. The number of aromatic nitrogens is 4. The zero-order chi connectivity index (χ0) is 28.5. The van der Waals surface area contributed by atoms with Gasteiger partial charge in [0.1, 0.15) is 29.0 Å². The molecule has 3 heterocycles. The van der Waals surface area contributed by atoms with Crippen molar-refractivity contribution >= 4 is 38.9 Å².